The Morgan fingerprint density at radius 2 is 1.71 bits per heavy atom. The van der Waals surface area contributed by atoms with E-state index in [1.807, 2.05) is 0 Å². The molecule has 108 valence electrons. The van der Waals surface area contributed by atoms with E-state index < -0.39 is 0 Å². The van der Waals surface area contributed by atoms with Crippen molar-refractivity contribution in [1.82, 2.24) is 0 Å². The highest BCUT2D eigenvalue weighted by Crippen LogP contribution is 2.41. The van der Waals surface area contributed by atoms with Crippen molar-refractivity contribution < 1.29 is 0 Å². The van der Waals surface area contributed by atoms with Crippen molar-refractivity contribution in [2.24, 2.45) is 0 Å². The molecule has 4 rings (SSSR count). The quantitative estimate of drug-likeness (QED) is 0.860. The highest BCUT2D eigenvalue weighted by Gasteiger charge is 2.24. The first kappa shape index (κ1) is 12.6. The van der Waals surface area contributed by atoms with Gasteiger partial charge in [0, 0.05) is 26.7 Å². The Balaban J connectivity index is 1.83. The van der Waals surface area contributed by atoms with Gasteiger partial charge in [0.25, 0.3) is 0 Å². The minimum atomic E-state index is 1.03. The Labute approximate surface area is 126 Å². The minimum absolute atomic E-state index is 1.03. The Bertz CT molecular complexity index is 665. The molecule has 0 amide bonds. The van der Waals surface area contributed by atoms with Gasteiger partial charge in [-0.3, -0.25) is 0 Å². The molecule has 0 bridgehead atoms. The lowest BCUT2D eigenvalue weighted by atomic mass is 10.0. The van der Waals surface area contributed by atoms with Crippen LogP contribution in [0.5, 0.6) is 0 Å². The molecule has 3 nitrogen and oxygen atoms in total. The first-order chi connectivity index (χ1) is 10.3. The molecule has 2 heterocycles. The van der Waals surface area contributed by atoms with Crippen molar-refractivity contribution >= 4 is 22.7 Å². The van der Waals surface area contributed by atoms with Gasteiger partial charge in [-0.25, -0.2) is 0 Å². The van der Waals surface area contributed by atoms with Crippen LogP contribution < -0.4 is 15.1 Å². The molecule has 0 atom stereocenters. The molecule has 0 saturated heterocycles. The maximum absolute atomic E-state index is 3.62. The van der Waals surface area contributed by atoms with Gasteiger partial charge in [-0.05, 0) is 36.6 Å². The summed E-state index contributed by atoms with van der Waals surface area (Å²) in [5.74, 6) is 0. The van der Waals surface area contributed by atoms with E-state index in [0.29, 0.717) is 0 Å². The molecule has 2 aromatic rings. The minimum Gasteiger partial charge on any atom is -0.383 e. The number of aryl methyl sites for hydroxylation is 1. The zero-order valence-corrected chi connectivity index (χ0v) is 12.5. The highest BCUT2D eigenvalue weighted by atomic mass is 15.3. The molecule has 0 spiro atoms. The van der Waals surface area contributed by atoms with Crippen LogP contribution in [0.1, 0.15) is 12.0 Å². The molecule has 0 radical (unpaired) electrons. The van der Waals surface area contributed by atoms with E-state index >= 15 is 0 Å². The van der Waals surface area contributed by atoms with Gasteiger partial charge in [-0.1, -0.05) is 24.3 Å². The smallest absolute Gasteiger partial charge is 0.0650 e. The fourth-order valence-corrected chi connectivity index (χ4v) is 3.47. The van der Waals surface area contributed by atoms with Crippen LogP contribution in [0.3, 0.4) is 0 Å². The van der Waals surface area contributed by atoms with Crippen LogP contribution in [-0.2, 0) is 6.42 Å². The van der Waals surface area contributed by atoms with E-state index in [1.54, 1.807) is 0 Å². The number of nitrogens with one attached hydrogen (secondary N) is 1. The predicted octanol–water partition coefficient (Wildman–Crippen LogP) is 3.63. The second-order valence-corrected chi connectivity index (χ2v) is 5.90. The third-order valence-electron chi connectivity index (χ3n) is 4.59. The van der Waals surface area contributed by atoms with Crippen LogP contribution in [0.4, 0.5) is 22.7 Å². The third kappa shape index (κ3) is 2.04. The molecule has 0 saturated carbocycles. The van der Waals surface area contributed by atoms with E-state index in [9.17, 15) is 0 Å². The largest absolute Gasteiger partial charge is 0.383 e. The highest BCUT2D eigenvalue weighted by molar-refractivity contribution is 5.85. The molecule has 2 aromatic carbocycles. The zero-order valence-electron chi connectivity index (χ0n) is 12.5. The average molecular weight is 279 g/mol. The van der Waals surface area contributed by atoms with Gasteiger partial charge in [0.05, 0.1) is 22.7 Å². The average Bonchev–Trinajstić information content (AvgIpc) is 2.55. The molecule has 3 heteroatoms. The number of anilines is 4. The Morgan fingerprint density at radius 3 is 2.62 bits per heavy atom. The van der Waals surface area contributed by atoms with Crippen LogP contribution in [0.15, 0.2) is 42.5 Å². The number of nitrogens with zero attached hydrogens (tertiary/aromatic N) is 2. The molecule has 2 aliphatic heterocycles. The van der Waals surface area contributed by atoms with Crippen molar-refractivity contribution in [2.75, 3.05) is 41.8 Å². The van der Waals surface area contributed by atoms with E-state index in [1.165, 1.54) is 41.2 Å². The normalized spacial score (nSPS) is 17.0. The van der Waals surface area contributed by atoms with Crippen LogP contribution in [0.2, 0.25) is 0 Å². The Hall–Kier alpha value is -2.16. The number of hydrogen-bond donors (Lipinski definition) is 1. The number of para-hydroxylation sites is 3. The molecule has 0 aromatic heterocycles. The number of likely N-dealkylation sites (N-methyl/N-ethyl adjacent to an activating group) is 1. The monoisotopic (exact) mass is 279 g/mol. The summed E-state index contributed by atoms with van der Waals surface area (Å²) in [6.45, 7) is 3.17. The Kier molecular flexibility index (Phi) is 2.99. The van der Waals surface area contributed by atoms with Gasteiger partial charge < -0.3 is 15.1 Å². The summed E-state index contributed by atoms with van der Waals surface area (Å²) in [4.78, 5) is 4.81. The van der Waals surface area contributed by atoms with E-state index in [4.69, 9.17) is 0 Å². The molecular formula is C18H21N3. The van der Waals surface area contributed by atoms with E-state index in [-0.39, 0.29) is 0 Å². The first-order valence-electron chi connectivity index (χ1n) is 7.78. The summed E-state index contributed by atoms with van der Waals surface area (Å²) in [5, 5.41) is 3.62. The molecular weight excluding hydrogens is 258 g/mol. The lowest BCUT2D eigenvalue weighted by Crippen LogP contribution is -2.37. The SMILES string of the molecule is CN1CCN(c2cccc3c2NCCC3)c2ccccc21. The summed E-state index contributed by atoms with van der Waals surface area (Å²) in [5.41, 5.74) is 6.75. The fourth-order valence-electron chi connectivity index (χ4n) is 3.47. The standard InChI is InChI=1S/C18H21N3/c1-20-12-13-21(16-9-3-2-8-15(16)20)17-10-4-6-14-7-5-11-19-18(14)17/h2-4,6,8-10,19H,5,7,11-13H2,1H3. The van der Waals surface area contributed by atoms with Gasteiger partial charge >= 0.3 is 0 Å². The van der Waals surface area contributed by atoms with Gasteiger partial charge in [0.15, 0.2) is 0 Å². The molecule has 0 unspecified atom stereocenters. The van der Waals surface area contributed by atoms with Crippen molar-refractivity contribution in [2.45, 2.75) is 12.8 Å². The summed E-state index contributed by atoms with van der Waals surface area (Å²) < 4.78 is 0. The van der Waals surface area contributed by atoms with Crippen molar-refractivity contribution in [3.8, 4) is 0 Å². The first-order valence-corrected chi connectivity index (χ1v) is 7.78. The lowest BCUT2D eigenvalue weighted by molar-refractivity contribution is 0.807. The third-order valence-corrected chi connectivity index (χ3v) is 4.59. The summed E-state index contributed by atoms with van der Waals surface area (Å²) >= 11 is 0. The number of rotatable bonds is 1. The van der Waals surface area contributed by atoms with Crippen molar-refractivity contribution in [3.05, 3.63) is 48.0 Å². The molecule has 0 fully saturated rings. The number of benzene rings is 2. The zero-order chi connectivity index (χ0) is 14.2. The van der Waals surface area contributed by atoms with Crippen LogP contribution in [0, 0.1) is 0 Å². The molecule has 21 heavy (non-hydrogen) atoms. The second-order valence-electron chi connectivity index (χ2n) is 5.90. The van der Waals surface area contributed by atoms with Gasteiger partial charge in [-0.2, -0.15) is 0 Å². The maximum atomic E-state index is 3.62. The van der Waals surface area contributed by atoms with Gasteiger partial charge in [-0.15, -0.1) is 0 Å². The topological polar surface area (TPSA) is 18.5 Å². The predicted molar refractivity (Wildman–Crippen MR) is 90.0 cm³/mol. The van der Waals surface area contributed by atoms with E-state index in [0.717, 1.165) is 19.6 Å². The second kappa shape index (κ2) is 4.99. The van der Waals surface area contributed by atoms with Crippen LogP contribution in [-0.4, -0.2) is 26.7 Å². The van der Waals surface area contributed by atoms with Crippen LogP contribution >= 0.6 is 0 Å². The van der Waals surface area contributed by atoms with Gasteiger partial charge in [0.1, 0.15) is 0 Å². The molecule has 0 aliphatic carbocycles. The fraction of sp³-hybridized carbons (Fsp3) is 0.333. The molecule has 2 aliphatic rings. The summed E-state index contributed by atoms with van der Waals surface area (Å²) in [6, 6.07) is 15.4. The number of hydrogen-bond acceptors (Lipinski definition) is 3. The number of fused-ring (bicyclic) bond motifs is 2. The van der Waals surface area contributed by atoms with Crippen molar-refractivity contribution in [1.29, 1.82) is 0 Å². The van der Waals surface area contributed by atoms with Crippen molar-refractivity contribution in [3.63, 3.8) is 0 Å². The van der Waals surface area contributed by atoms with E-state index in [2.05, 4.69) is 64.6 Å². The molecule has 1 N–H and O–H groups in total. The lowest BCUT2D eigenvalue weighted by Gasteiger charge is -2.38. The van der Waals surface area contributed by atoms with Crippen LogP contribution in [0.25, 0.3) is 0 Å². The summed E-state index contributed by atoms with van der Waals surface area (Å²) in [7, 11) is 2.18. The summed E-state index contributed by atoms with van der Waals surface area (Å²) in [6.07, 6.45) is 2.42. The Morgan fingerprint density at radius 1 is 0.905 bits per heavy atom. The van der Waals surface area contributed by atoms with Gasteiger partial charge in [0.2, 0.25) is 0 Å². The maximum Gasteiger partial charge on any atom is 0.0650 e.